The summed E-state index contributed by atoms with van der Waals surface area (Å²) in [5.74, 6) is 0. The van der Waals surface area contributed by atoms with E-state index >= 15 is 0 Å². The molecule has 1 aromatic rings. The Morgan fingerprint density at radius 1 is 0.741 bits per heavy atom. The van der Waals surface area contributed by atoms with E-state index in [1.165, 1.54) is 27.7 Å². The van der Waals surface area contributed by atoms with E-state index < -0.39 is 45.6 Å². The highest BCUT2D eigenvalue weighted by molar-refractivity contribution is 7.76. The molecule has 0 radical (unpaired) electrons. The molecule has 0 spiro atoms. The second kappa shape index (κ2) is 9.83. The third-order valence-corrected chi connectivity index (χ3v) is 9.36. The second-order valence-electron chi connectivity index (χ2n) is 4.59. The van der Waals surface area contributed by atoms with Gasteiger partial charge < -0.3 is 18.1 Å². The van der Waals surface area contributed by atoms with Crippen molar-refractivity contribution in [2.75, 3.05) is 26.4 Å². The lowest BCUT2D eigenvalue weighted by Crippen LogP contribution is -2.12. The molecular weight excluding hydrogens is 426 g/mol. The zero-order chi connectivity index (χ0) is 20.8. The zero-order valence-electron chi connectivity index (χ0n) is 15.1. The smallest absolute Gasteiger partial charge is 0.305 e. The van der Waals surface area contributed by atoms with Crippen molar-refractivity contribution in [2.45, 2.75) is 27.7 Å². The van der Waals surface area contributed by atoms with Crippen LogP contribution < -0.4 is 9.24 Å². The van der Waals surface area contributed by atoms with Crippen LogP contribution in [0.25, 0.3) is 0 Å². The molecule has 0 N–H and O–H groups in total. The van der Waals surface area contributed by atoms with Gasteiger partial charge in [0.2, 0.25) is 9.24 Å². The largest absolute Gasteiger partial charge is 0.378 e. The lowest BCUT2D eigenvalue weighted by atomic mass is 10.5. The molecule has 1 heterocycles. The van der Waals surface area contributed by atoms with Crippen molar-refractivity contribution in [2.24, 2.45) is 0 Å². The Bertz CT molecular complexity index is 713. The molecule has 0 saturated heterocycles. The summed E-state index contributed by atoms with van der Waals surface area (Å²) in [6.45, 7) is 5.37. The molecular formula is C12H20N2O10P2S. The molecule has 0 fully saturated rings. The lowest BCUT2D eigenvalue weighted by Gasteiger charge is -2.15. The molecule has 1 rings (SSSR count). The van der Waals surface area contributed by atoms with E-state index in [-0.39, 0.29) is 26.4 Å². The number of rotatable bonds is 12. The van der Waals surface area contributed by atoms with Crippen molar-refractivity contribution in [1.82, 2.24) is 0 Å². The van der Waals surface area contributed by atoms with Crippen molar-refractivity contribution < 1.29 is 37.1 Å². The second-order valence-corrected chi connectivity index (χ2v) is 10.1. The van der Waals surface area contributed by atoms with Crippen LogP contribution in [0.5, 0.6) is 0 Å². The fourth-order valence-electron chi connectivity index (χ4n) is 2.08. The predicted molar refractivity (Wildman–Crippen MR) is 98.6 cm³/mol. The SMILES string of the molecule is CCOP(=O)(OCC)c1sc(P(=O)(OCC)OCC)c([N+](=O)[O-])c1[N+](=O)[O-]. The number of hydrogen-bond acceptors (Lipinski definition) is 11. The lowest BCUT2D eigenvalue weighted by molar-refractivity contribution is -0.420. The van der Waals surface area contributed by atoms with Crippen LogP contribution >= 0.6 is 26.5 Å². The number of nitrogens with zero attached hydrogens (tertiary/aromatic N) is 2. The van der Waals surface area contributed by atoms with Crippen molar-refractivity contribution in [1.29, 1.82) is 0 Å². The molecule has 0 aliphatic carbocycles. The van der Waals surface area contributed by atoms with E-state index in [0.29, 0.717) is 11.3 Å². The van der Waals surface area contributed by atoms with Gasteiger partial charge in [0, 0.05) is 0 Å². The van der Waals surface area contributed by atoms with E-state index in [9.17, 15) is 29.4 Å². The van der Waals surface area contributed by atoms with Gasteiger partial charge in [-0.1, -0.05) is 0 Å². The highest BCUT2D eigenvalue weighted by Crippen LogP contribution is 2.58. The maximum Gasteiger partial charge on any atom is 0.378 e. The highest BCUT2D eigenvalue weighted by Gasteiger charge is 2.51. The van der Waals surface area contributed by atoms with E-state index in [2.05, 4.69) is 0 Å². The predicted octanol–water partition coefficient (Wildman–Crippen LogP) is 3.35. The van der Waals surface area contributed by atoms with Crippen LogP contribution in [0.3, 0.4) is 0 Å². The minimum atomic E-state index is -4.28. The van der Waals surface area contributed by atoms with Crippen molar-refractivity contribution in [3.63, 3.8) is 0 Å². The Morgan fingerprint density at radius 2 is 1.00 bits per heavy atom. The molecule has 27 heavy (non-hydrogen) atoms. The van der Waals surface area contributed by atoms with Crippen LogP contribution in [-0.2, 0) is 27.2 Å². The van der Waals surface area contributed by atoms with Crippen molar-refractivity contribution in [3.05, 3.63) is 20.2 Å². The standard InChI is InChI=1S/C12H20N2O10P2S/c1-5-21-25(19,22-6-2)11-9(13(15)16)10(14(17)18)12(27-11)26(20,23-7-3)24-8-4/h5-8H2,1-4H3. The van der Waals surface area contributed by atoms with Gasteiger partial charge in [-0.2, -0.15) is 0 Å². The Kier molecular flexibility index (Phi) is 8.68. The van der Waals surface area contributed by atoms with E-state index in [1.54, 1.807) is 0 Å². The Hall–Kier alpha value is -1.20. The molecule has 0 aliphatic rings. The van der Waals surface area contributed by atoms with E-state index in [4.69, 9.17) is 18.1 Å². The topological polar surface area (TPSA) is 157 Å². The Labute approximate surface area is 159 Å². The van der Waals surface area contributed by atoms with Gasteiger partial charge in [0.05, 0.1) is 36.3 Å². The van der Waals surface area contributed by atoms with Gasteiger partial charge >= 0.3 is 26.6 Å². The number of thiophene rings is 1. The van der Waals surface area contributed by atoms with Crippen LogP contribution in [0.15, 0.2) is 0 Å². The fourth-order valence-corrected chi connectivity index (χ4v) is 7.96. The minimum Gasteiger partial charge on any atom is -0.305 e. The van der Waals surface area contributed by atoms with Crippen LogP contribution in [0.2, 0.25) is 0 Å². The summed E-state index contributed by atoms with van der Waals surface area (Å²) >= 11 is 0.307. The number of hydrogen-bond donors (Lipinski definition) is 0. The van der Waals surface area contributed by atoms with Gasteiger partial charge in [0.1, 0.15) is 0 Å². The first kappa shape index (κ1) is 23.8. The first-order valence-corrected chi connectivity index (χ1v) is 11.8. The molecule has 1 aromatic heterocycles. The monoisotopic (exact) mass is 446 g/mol. The van der Waals surface area contributed by atoms with Gasteiger partial charge in [-0.15, -0.1) is 11.3 Å². The maximum atomic E-state index is 13.0. The van der Waals surface area contributed by atoms with Crippen molar-refractivity contribution in [3.8, 4) is 0 Å². The average Bonchev–Trinajstić information content (AvgIpc) is 2.98. The molecule has 0 aromatic carbocycles. The van der Waals surface area contributed by atoms with E-state index in [1.807, 2.05) is 0 Å². The first-order chi connectivity index (χ1) is 12.6. The van der Waals surface area contributed by atoms with Gasteiger partial charge in [-0.3, -0.25) is 29.4 Å². The highest BCUT2D eigenvalue weighted by atomic mass is 32.1. The Balaban J connectivity index is 3.92. The molecule has 0 atom stereocenters. The summed E-state index contributed by atoms with van der Waals surface area (Å²) in [7, 11) is -8.55. The molecule has 154 valence electrons. The molecule has 15 heteroatoms. The van der Waals surface area contributed by atoms with Gasteiger partial charge in [0.25, 0.3) is 0 Å². The Morgan fingerprint density at radius 3 is 1.19 bits per heavy atom. The van der Waals surface area contributed by atoms with Gasteiger partial charge in [-0.05, 0) is 27.7 Å². The molecule has 0 bridgehead atoms. The van der Waals surface area contributed by atoms with E-state index in [0.717, 1.165) is 0 Å². The molecule has 12 nitrogen and oxygen atoms in total. The summed E-state index contributed by atoms with van der Waals surface area (Å²) in [6.07, 6.45) is 0. The summed E-state index contributed by atoms with van der Waals surface area (Å²) in [5.41, 5.74) is -2.21. The van der Waals surface area contributed by atoms with Crippen LogP contribution in [0.4, 0.5) is 11.4 Å². The summed E-state index contributed by atoms with van der Waals surface area (Å²) in [6, 6.07) is 0. The third-order valence-electron chi connectivity index (χ3n) is 2.88. The zero-order valence-corrected chi connectivity index (χ0v) is 17.7. The normalized spacial score (nSPS) is 12.3. The summed E-state index contributed by atoms with van der Waals surface area (Å²) in [5, 5.41) is 23.1. The third kappa shape index (κ3) is 5.00. The van der Waals surface area contributed by atoms with Gasteiger partial charge in [-0.25, -0.2) is 0 Å². The fraction of sp³-hybridized carbons (Fsp3) is 0.667. The molecule has 0 amide bonds. The van der Waals surface area contributed by atoms with Crippen LogP contribution in [-0.4, -0.2) is 36.3 Å². The average molecular weight is 446 g/mol. The molecule has 0 aliphatic heterocycles. The van der Waals surface area contributed by atoms with Crippen LogP contribution in [0, 0.1) is 20.2 Å². The summed E-state index contributed by atoms with van der Waals surface area (Å²) < 4.78 is 45.1. The first-order valence-electron chi connectivity index (χ1n) is 7.86. The van der Waals surface area contributed by atoms with Crippen LogP contribution in [0.1, 0.15) is 27.7 Å². The van der Waals surface area contributed by atoms with Gasteiger partial charge in [0.15, 0.2) is 0 Å². The molecule has 0 saturated carbocycles. The molecule has 0 unspecified atom stereocenters. The number of nitro groups is 2. The minimum absolute atomic E-state index is 0.135. The summed E-state index contributed by atoms with van der Waals surface area (Å²) in [4.78, 5) is 21.0. The maximum absolute atomic E-state index is 13.0. The quantitative estimate of drug-likeness (QED) is 0.265. The van der Waals surface area contributed by atoms with Crippen molar-refractivity contribution >= 4 is 47.1 Å².